The maximum absolute atomic E-state index is 13.9. The number of phenolic OH excluding ortho intramolecular Hbond substituents is 2. The van der Waals surface area contributed by atoms with Crippen LogP contribution in [-0.2, 0) is 40.0 Å². The highest BCUT2D eigenvalue weighted by molar-refractivity contribution is 5.96. The molecule has 0 saturated carbocycles. The molecule has 330 valence electrons. The lowest BCUT2D eigenvalue weighted by molar-refractivity contribution is -0.143. The SMILES string of the molecule is CC(C)CCCCCCCCCC(=O)N(C)[C@@H](CO)C(=O)N[C@@H](C)C(=O)NCC(=O)N(C)[C@H]1C(=O)N[C@H](C)C(=O)N[C@@H](C(=O)O)Cc2ccc(O)c(c2)-c2cc1ccc2O. The number of carboxylic acid groups (broad SMARTS) is 1. The summed E-state index contributed by atoms with van der Waals surface area (Å²) in [5.74, 6) is -5.55. The lowest BCUT2D eigenvalue weighted by Crippen LogP contribution is -2.55. The smallest absolute Gasteiger partial charge is 0.326 e. The topological polar surface area (TPSA) is 255 Å². The number of likely N-dealkylation sites (N-methyl/N-ethyl adjacent to an activating group) is 2. The van der Waals surface area contributed by atoms with E-state index in [0.717, 1.165) is 35.5 Å². The van der Waals surface area contributed by atoms with Crippen molar-refractivity contribution in [3.8, 4) is 22.6 Å². The molecule has 6 amide bonds. The van der Waals surface area contributed by atoms with Gasteiger partial charge in [-0.05, 0) is 61.6 Å². The minimum absolute atomic E-state index is 0.0659. The fourth-order valence-corrected chi connectivity index (χ4v) is 6.91. The van der Waals surface area contributed by atoms with Crippen LogP contribution in [0.25, 0.3) is 11.1 Å². The number of aliphatic carboxylic acids is 1. The lowest BCUT2D eigenvalue weighted by atomic mass is 9.94. The Bertz CT molecular complexity index is 1850. The number of carboxylic acids is 1. The fourth-order valence-electron chi connectivity index (χ4n) is 6.91. The number of aliphatic hydroxyl groups excluding tert-OH is 1. The summed E-state index contributed by atoms with van der Waals surface area (Å²) < 4.78 is 0. The Labute approximate surface area is 351 Å². The Kier molecular flexibility index (Phi) is 18.8. The van der Waals surface area contributed by atoms with Gasteiger partial charge in [0, 0.05) is 38.1 Å². The molecule has 1 heterocycles. The van der Waals surface area contributed by atoms with Crippen LogP contribution in [0.2, 0.25) is 0 Å². The molecule has 0 aromatic heterocycles. The van der Waals surface area contributed by atoms with Gasteiger partial charge < -0.3 is 51.5 Å². The number of benzene rings is 2. The van der Waals surface area contributed by atoms with E-state index in [9.17, 15) is 54.0 Å². The van der Waals surface area contributed by atoms with Crippen LogP contribution in [-0.4, -0.2) is 123 Å². The first-order chi connectivity index (χ1) is 28.4. The van der Waals surface area contributed by atoms with Crippen molar-refractivity contribution in [2.75, 3.05) is 27.2 Å². The fraction of sp³-hybridized carbons (Fsp3) is 0.558. The number of unbranched alkanes of at least 4 members (excludes halogenated alkanes) is 6. The molecule has 2 aromatic carbocycles. The third-order valence-electron chi connectivity index (χ3n) is 10.7. The number of hydrogen-bond acceptors (Lipinski definition) is 10. The summed E-state index contributed by atoms with van der Waals surface area (Å²) >= 11 is 0. The standard InChI is InChI=1S/C43H62N6O11/c1-25(2)14-12-10-8-7-9-11-13-15-36(53)48(5)33(24-50)41(57)45-26(3)39(55)44-23-37(54)49(6)38-29-17-19-35(52)31(22-29)30-20-28(16-18-34(30)51)21-32(43(59)60)47-40(56)27(4)46-42(38)58/h16-20,22,25-27,32-33,38,50-52H,7-15,21,23-24H2,1-6H3,(H,44,55)(H,45,57)(H,46,58)(H,47,56)(H,59,60)/t26-,27+,32+,33-,38+/m0/s1. The monoisotopic (exact) mass is 838 g/mol. The molecule has 17 heteroatoms. The maximum Gasteiger partial charge on any atom is 0.326 e. The summed E-state index contributed by atoms with van der Waals surface area (Å²) in [4.78, 5) is 93.8. The van der Waals surface area contributed by atoms with Crippen molar-refractivity contribution < 1.29 is 54.0 Å². The van der Waals surface area contributed by atoms with Crippen molar-refractivity contribution in [1.29, 1.82) is 0 Å². The van der Waals surface area contributed by atoms with Crippen molar-refractivity contribution in [3.05, 3.63) is 47.5 Å². The maximum atomic E-state index is 13.9. The zero-order valence-corrected chi connectivity index (χ0v) is 35.5. The van der Waals surface area contributed by atoms with E-state index in [1.807, 2.05) is 0 Å². The number of fused-ring (bicyclic) bond motifs is 5. The Hall–Kier alpha value is -5.71. The van der Waals surface area contributed by atoms with Gasteiger partial charge in [0.25, 0.3) is 0 Å². The van der Waals surface area contributed by atoms with E-state index in [0.29, 0.717) is 17.9 Å². The van der Waals surface area contributed by atoms with E-state index in [4.69, 9.17) is 0 Å². The second-order valence-electron chi connectivity index (χ2n) is 15.9. The van der Waals surface area contributed by atoms with Crippen LogP contribution in [0, 0.1) is 5.92 Å². The van der Waals surface area contributed by atoms with Gasteiger partial charge in [0.05, 0.1) is 13.2 Å². The van der Waals surface area contributed by atoms with E-state index in [1.54, 1.807) is 0 Å². The van der Waals surface area contributed by atoms with Crippen LogP contribution in [0.4, 0.5) is 0 Å². The highest BCUT2D eigenvalue weighted by Crippen LogP contribution is 2.38. The number of aliphatic hydroxyl groups is 1. The van der Waals surface area contributed by atoms with Gasteiger partial charge in [0.15, 0.2) is 0 Å². The summed E-state index contributed by atoms with van der Waals surface area (Å²) in [6.07, 6.45) is 8.45. The highest BCUT2D eigenvalue weighted by atomic mass is 16.4. The van der Waals surface area contributed by atoms with Gasteiger partial charge in [-0.3, -0.25) is 28.8 Å². The molecule has 0 fully saturated rings. The first-order valence-electron chi connectivity index (χ1n) is 20.5. The molecule has 0 aliphatic carbocycles. The minimum Gasteiger partial charge on any atom is -0.507 e. The zero-order chi connectivity index (χ0) is 44.7. The molecular formula is C43H62N6O11. The Morgan fingerprint density at radius 1 is 0.800 bits per heavy atom. The van der Waals surface area contributed by atoms with Crippen molar-refractivity contribution in [2.45, 2.75) is 122 Å². The van der Waals surface area contributed by atoms with Gasteiger partial charge >= 0.3 is 5.97 Å². The van der Waals surface area contributed by atoms with E-state index in [2.05, 4.69) is 35.1 Å². The molecule has 2 aromatic rings. The molecule has 1 aliphatic rings. The van der Waals surface area contributed by atoms with Gasteiger partial charge in [0.2, 0.25) is 35.4 Å². The van der Waals surface area contributed by atoms with E-state index in [-0.39, 0.29) is 46.9 Å². The minimum atomic E-state index is -1.47. The summed E-state index contributed by atoms with van der Waals surface area (Å²) in [6.45, 7) is 5.79. The van der Waals surface area contributed by atoms with Crippen LogP contribution in [0.5, 0.6) is 11.5 Å². The van der Waals surface area contributed by atoms with Gasteiger partial charge in [-0.2, -0.15) is 0 Å². The number of nitrogens with one attached hydrogen (secondary N) is 4. The Morgan fingerprint density at radius 3 is 2.02 bits per heavy atom. The number of amides is 6. The third-order valence-corrected chi connectivity index (χ3v) is 10.7. The molecule has 1 aliphatic heterocycles. The molecule has 0 spiro atoms. The number of rotatable bonds is 19. The van der Waals surface area contributed by atoms with Gasteiger partial charge in [0.1, 0.15) is 41.7 Å². The van der Waals surface area contributed by atoms with Crippen LogP contribution in [0.3, 0.4) is 0 Å². The Morgan fingerprint density at radius 2 is 1.40 bits per heavy atom. The lowest BCUT2D eigenvalue weighted by Gasteiger charge is -2.30. The second-order valence-corrected chi connectivity index (χ2v) is 15.9. The van der Waals surface area contributed by atoms with E-state index in [1.165, 1.54) is 83.6 Å². The van der Waals surface area contributed by atoms with Gasteiger partial charge in [-0.15, -0.1) is 0 Å². The summed E-state index contributed by atoms with van der Waals surface area (Å²) in [5, 5.41) is 51.2. The summed E-state index contributed by atoms with van der Waals surface area (Å²) in [7, 11) is 2.69. The average molecular weight is 839 g/mol. The second kappa shape index (κ2) is 23.2. The van der Waals surface area contributed by atoms with Crippen LogP contribution in [0.1, 0.15) is 103 Å². The average Bonchev–Trinajstić information content (AvgIpc) is 3.19. The number of nitrogens with zero attached hydrogens (tertiary/aromatic N) is 2. The highest BCUT2D eigenvalue weighted by Gasteiger charge is 2.34. The predicted octanol–water partition coefficient (Wildman–Crippen LogP) is 2.50. The molecule has 0 saturated heterocycles. The van der Waals surface area contributed by atoms with Crippen molar-refractivity contribution in [1.82, 2.24) is 31.1 Å². The molecule has 0 radical (unpaired) electrons. The molecule has 5 atom stereocenters. The van der Waals surface area contributed by atoms with E-state index >= 15 is 0 Å². The van der Waals surface area contributed by atoms with Crippen LogP contribution in [0.15, 0.2) is 36.4 Å². The number of carbonyl (C=O) groups excluding carboxylic acids is 6. The third kappa shape index (κ3) is 14.0. The first-order valence-corrected chi connectivity index (χ1v) is 20.5. The molecule has 17 nitrogen and oxygen atoms in total. The number of aromatic hydroxyl groups is 2. The molecule has 4 bridgehead atoms. The predicted molar refractivity (Wildman–Crippen MR) is 222 cm³/mol. The van der Waals surface area contributed by atoms with Crippen LogP contribution < -0.4 is 21.3 Å². The van der Waals surface area contributed by atoms with Gasteiger partial charge in [-0.1, -0.05) is 70.9 Å². The molecular weight excluding hydrogens is 777 g/mol. The zero-order valence-electron chi connectivity index (χ0n) is 35.5. The number of carbonyl (C=O) groups is 7. The van der Waals surface area contributed by atoms with Crippen molar-refractivity contribution in [3.63, 3.8) is 0 Å². The summed E-state index contributed by atoms with van der Waals surface area (Å²) in [6, 6.07) is 1.62. The molecule has 8 N–H and O–H groups in total. The van der Waals surface area contributed by atoms with E-state index < -0.39 is 78.9 Å². The van der Waals surface area contributed by atoms with Crippen LogP contribution >= 0.6 is 0 Å². The normalized spacial score (nSPS) is 17.6. The number of hydrogen-bond donors (Lipinski definition) is 8. The van der Waals surface area contributed by atoms with Crippen molar-refractivity contribution >= 4 is 41.4 Å². The molecule has 60 heavy (non-hydrogen) atoms. The first kappa shape index (κ1) is 48.7. The molecule has 3 rings (SSSR count). The quantitative estimate of drug-likeness (QED) is 0.0955. The molecule has 0 unspecified atom stereocenters. The Balaban J connectivity index is 1.67. The van der Waals surface area contributed by atoms with Crippen molar-refractivity contribution in [2.24, 2.45) is 5.92 Å². The largest absolute Gasteiger partial charge is 0.507 e. The summed E-state index contributed by atoms with van der Waals surface area (Å²) in [5.41, 5.74) is 0.723. The van der Waals surface area contributed by atoms with Gasteiger partial charge in [-0.25, -0.2) is 4.79 Å². The number of phenols is 2.